The average molecular weight is 540 g/mol. The number of morpholine rings is 1. The fourth-order valence-corrected chi connectivity index (χ4v) is 6.93. The van der Waals surface area contributed by atoms with Gasteiger partial charge >= 0.3 is 0 Å². The molecule has 2 atom stereocenters. The van der Waals surface area contributed by atoms with Crippen LogP contribution in [0.25, 0.3) is 32.7 Å². The summed E-state index contributed by atoms with van der Waals surface area (Å²) in [5, 5.41) is 4.73. The lowest BCUT2D eigenvalue weighted by molar-refractivity contribution is 0.0479. The van der Waals surface area contributed by atoms with E-state index in [1.165, 1.54) is 17.8 Å². The van der Waals surface area contributed by atoms with E-state index in [1.54, 1.807) is 12.1 Å². The first-order valence-corrected chi connectivity index (χ1v) is 15.1. The number of ether oxygens (including phenoxy) is 2. The van der Waals surface area contributed by atoms with Crippen LogP contribution >= 0.6 is 11.5 Å². The Bertz CT molecular complexity index is 1570. The first-order valence-electron chi connectivity index (χ1n) is 12.4. The van der Waals surface area contributed by atoms with Crippen LogP contribution in [0.5, 0.6) is 0 Å². The quantitative estimate of drug-likeness (QED) is 0.366. The second-order valence-corrected chi connectivity index (χ2v) is 12.5. The topological polar surface area (TPSA) is 99.4 Å². The molecular weight excluding hydrogens is 510 g/mol. The predicted molar refractivity (Wildman–Crippen MR) is 144 cm³/mol. The summed E-state index contributed by atoms with van der Waals surface area (Å²) in [5.74, 6) is 0.781. The highest BCUT2D eigenvalue weighted by Crippen LogP contribution is 2.42. The molecule has 2 aliphatic rings. The SMILES string of the molecule is Cc1cc(-c2nsc3c(-c4ccccc4S(C)(=O)=O)cc(N4CCOC[C@H]4C)nc23)n(C2CCCO2)n1. The van der Waals surface area contributed by atoms with Gasteiger partial charge in [0.25, 0.3) is 0 Å². The second kappa shape index (κ2) is 9.46. The van der Waals surface area contributed by atoms with Crippen molar-refractivity contribution in [3.8, 4) is 22.5 Å². The molecule has 0 bridgehead atoms. The van der Waals surface area contributed by atoms with E-state index in [9.17, 15) is 8.42 Å². The van der Waals surface area contributed by atoms with E-state index < -0.39 is 9.84 Å². The summed E-state index contributed by atoms with van der Waals surface area (Å²) in [5.41, 5.74) is 4.67. The highest BCUT2D eigenvalue weighted by Gasteiger charge is 2.28. The predicted octanol–water partition coefficient (Wildman–Crippen LogP) is 4.47. The Morgan fingerprint density at radius 1 is 1.14 bits per heavy atom. The van der Waals surface area contributed by atoms with Crippen LogP contribution in [-0.2, 0) is 19.3 Å². The molecule has 0 amide bonds. The molecular formula is C26H29N5O4S2. The van der Waals surface area contributed by atoms with E-state index in [4.69, 9.17) is 23.9 Å². The zero-order valence-corrected chi connectivity index (χ0v) is 22.7. The van der Waals surface area contributed by atoms with E-state index >= 15 is 0 Å². The third kappa shape index (κ3) is 4.43. The van der Waals surface area contributed by atoms with E-state index in [1.807, 2.05) is 35.9 Å². The monoisotopic (exact) mass is 539 g/mol. The molecule has 5 heterocycles. The first-order chi connectivity index (χ1) is 17.8. The van der Waals surface area contributed by atoms with Crippen molar-refractivity contribution in [1.29, 1.82) is 0 Å². The molecule has 1 aromatic carbocycles. The summed E-state index contributed by atoms with van der Waals surface area (Å²) in [6.45, 7) is 6.70. The normalized spacial score (nSPS) is 20.7. The molecule has 11 heteroatoms. The fraction of sp³-hybridized carbons (Fsp3) is 0.423. The Morgan fingerprint density at radius 3 is 2.73 bits per heavy atom. The Morgan fingerprint density at radius 2 is 1.97 bits per heavy atom. The van der Waals surface area contributed by atoms with Crippen molar-refractivity contribution < 1.29 is 17.9 Å². The Labute approximate surface area is 220 Å². The van der Waals surface area contributed by atoms with Crippen molar-refractivity contribution in [3.63, 3.8) is 0 Å². The lowest BCUT2D eigenvalue weighted by Gasteiger charge is -2.34. The minimum absolute atomic E-state index is 0.131. The maximum Gasteiger partial charge on any atom is 0.176 e. The molecule has 1 unspecified atom stereocenters. The molecule has 2 fully saturated rings. The smallest absolute Gasteiger partial charge is 0.176 e. The van der Waals surface area contributed by atoms with Crippen LogP contribution in [0.3, 0.4) is 0 Å². The van der Waals surface area contributed by atoms with Crippen molar-refractivity contribution in [3.05, 3.63) is 42.1 Å². The molecule has 0 N–H and O–H groups in total. The van der Waals surface area contributed by atoms with Crippen LogP contribution in [0.2, 0.25) is 0 Å². The van der Waals surface area contributed by atoms with Gasteiger partial charge in [-0.3, -0.25) is 0 Å². The molecule has 9 nitrogen and oxygen atoms in total. The molecule has 6 rings (SSSR count). The van der Waals surface area contributed by atoms with Gasteiger partial charge in [0, 0.05) is 30.5 Å². The van der Waals surface area contributed by atoms with Crippen LogP contribution < -0.4 is 4.90 Å². The van der Waals surface area contributed by atoms with Crippen LogP contribution in [-0.4, -0.2) is 66.2 Å². The molecule has 2 saturated heterocycles. The van der Waals surface area contributed by atoms with E-state index in [0.29, 0.717) is 36.8 Å². The molecule has 3 aromatic heterocycles. The van der Waals surface area contributed by atoms with Crippen molar-refractivity contribution in [1.82, 2.24) is 19.1 Å². The van der Waals surface area contributed by atoms with Crippen molar-refractivity contribution in [2.24, 2.45) is 0 Å². The summed E-state index contributed by atoms with van der Waals surface area (Å²) >= 11 is 1.33. The highest BCUT2D eigenvalue weighted by atomic mass is 32.2. The van der Waals surface area contributed by atoms with Gasteiger partial charge < -0.3 is 14.4 Å². The van der Waals surface area contributed by atoms with Crippen LogP contribution in [0.15, 0.2) is 41.3 Å². The van der Waals surface area contributed by atoms with Crippen LogP contribution in [0.4, 0.5) is 5.82 Å². The molecule has 2 aliphatic heterocycles. The van der Waals surface area contributed by atoms with Gasteiger partial charge in [0.05, 0.1) is 40.2 Å². The molecule has 4 aromatic rings. The second-order valence-electron chi connectivity index (χ2n) is 9.71. The first kappa shape index (κ1) is 24.5. The van der Waals surface area contributed by atoms with Crippen molar-refractivity contribution >= 4 is 37.4 Å². The summed E-state index contributed by atoms with van der Waals surface area (Å²) in [6, 6.07) is 11.3. The van der Waals surface area contributed by atoms with Crippen LogP contribution in [0.1, 0.15) is 31.7 Å². The van der Waals surface area contributed by atoms with Gasteiger partial charge in [-0.05, 0) is 56.4 Å². The fourth-order valence-electron chi connectivity index (χ4n) is 5.17. The van der Waals surface area contributed by atoms with Gasteiger partial charge in [-0.2, -0.15) is 9.47 Å². The molecule has 0 spiro atoms. The highest BCUT2D eigenvalue weighted by molar-refractivity contribution is 7.90. The Kier molecular flexibility index (Phi) is 6.26. The minimum atomic E-state index is -3.46. The Balaban J connectivity index is 1.61. The maximum absolute atomic E-state index is 12.7. The van der Waals surface area contributed by atoms with Gasteiger partial charge in [-0.25, -0.2) is 18.1 Å². The number of pyridine rings is 1. The number of sulfone groups is 1. The van der Waals surface area contributed by atoms with Gasteiger partial charge in [-0.15, -0.1) is 0 Å². The number of nitrogens with zero attached hydrogens (tertiary/aromatic N) is 5. The molecule has 0 aliphatic carbocycles. The molecule has 194 valence electrons. The van der Waals surface area contributed by atoms with Gasteiger partial charge in [0.1, 0.15) is 17.0 Å². The summed E-state index contributed by atoms with van der Waals surface area (Å²) < 4.78 is 44.7. The number of anilines is 1. The lowest BCUT2D eigenvalue weighted by atomic mass is 10.0. The summed E-state index contributed by atoms with van der Waals surface area (Å²) in [7, 11) is -3.46. The molecule has 37 heavy (non-hydrogen) atoms. The zero-order valence-electron chi connectivity index (χ0n) is 21.0. The Hall–Kier alpha value is -2.86. The van der Waals surface area contributed by atoms with E-state index in [-0.39, 0.29) is 12.3 Å². The maximum atomic E-state index is 12.7. The van der Waals surface area contributed by atoms with Crippen molar-refractivity contribution in [2.75, 3.05) is 37.5 Å². The number of rotatable bonds is 5. The number of aryl methyl sites for hydroxylation is 1. The lowest BCUT2D eigenvalue weighted by Crippen LogP contribution is -2.44. The van der Waals surface area contributed by atoms with Gasteiger partial charge in [0.15, 0.2) is 16.1 Å². The van der Waals surface area contributed by atoms with Crippen molar-refractivity contribution in [2.45, 2.75) is 43.9 Å². The van der Waals surface area contributed by atoms with E-state index in [2.05, 4.69) is 11.8 Å². The zero-order chi connectivity index (χ0) is 25.7. The summed E-state index contributed by atoms with van der Waals surface area (Å²) in [4.78, 5) is 7.64. The van der Waals surface area contributed by atoms with Crippen LogP contribution in [0, 0.1) is 6.92 Å². The number of hydrogen-bond donors (Lipinski definition) is 0. The number of hydrogen-bond acceptors (Lipinski definition) is 9. The third-order valence-corrected chi connectivity index (χ3v) is 8.95. The number of aromatic nitrogens is 4. The average Bonchev–Trinajstić information content (AvgIpc) is 3.63. The molecule has 0 radical (unpaired) electrons. The standard InChI is InChI=1S/C26H29N5O4S2/c1-16-13-20(31(28-16)23-9-6-11-35-23)24-25-26(36-29-24)19(18-7-4-5-8-21(18)37(3,32)33)14-22(27-25)30-10-12-34-15-17(30)2/h4-5,7-8,13-14,17,23H,6,9-12,15H2,1-3H3/t17-,23?/m1/s1. The minimum Gasteiger partial charge on any atom is -0.377 e. The van der Waals surface area contributed by atoms with E-state index in [0.717, 1.165) is 51.5 Å². The largest absolute Gasteiger partial charge is 0.377 e. The third-order valence-electron chi connectivity index (χ3n) is 6.93. The summed E-state index contributed by atoms with van der Waals surface area (Å²) in [6.07, 6.45) is 3.00. The molecule has 0 saturated carbocycles. The number of fused-ring (bicyclic) bond motifs is 1. The number of benzene rings is 1. The van der Waals surface area contributed by atoms with Gasteiger partial charge in [-0.1, -0.05) is 18.2 Å². The van der Waals surface area contributed by atoms with Gasteiger partial charge in [0.2, 0.25) is 0 Å².